The van der Waals surface area contributed by atoms with Crippen LogP contribution in [0.15, 0.2) is 36.5 Å². The van der Waals surface area contributed by atoms with Crippen molar-refractivity contribution in [3.63, 3.8) is 0 Å². The van der Waals surface area contributed by atoms with Crippen molar-refractivity contribution in [3.05, 3.63) is 47.9 Å². The van der Waals surface area contributed by atoms with E-state index in [4.69, 9.17) is 5.73 Å². The number of aromatic nitrogens is 2. The third-order valence-corrected chi connectivity index (χ3v) is 2.89. The molecular formula is C15H20N4. The van der Waals surface area contributed by atoms with Gasteiger partial charge in [0.25, 0.3) is 0 Å². The van der Waals surface area contributed by atoms with Crippen LogP contribution in [0, 0.1) is 0 Å². The van der Waals surface area contributed by atoms with Gasteiger partial charge < -0.3 is 11.1 Å². The second kappa shape index (κ2) is 5.36. The van der Waals surface area contributed by atoms with E-state index < -0.39 is 0 Å². The second-order valence-electron chi connectivity index (χ2n) is 5.48. The van der Waals surface area contributed by atoms with Crippen LogP contribution in [0.3, 0.4) is 0 Å². The van der Waals surface area contributed by atoms with Gasteiger partial charge >= 0.3 is 0 Å². The van der Waals surface area contributed by atoms with Crippen LogP contribution in [0.5, 0.6) is 0 Å². The molecule has 0 bridgehead atoms. The highest BCUT2D eigenvalue weighted by Crippen LogP contribution is 2.30. The Balaban J connectivity index is 2.33. The summed E-state index contributed by atoms with van der Waals surface area (Å²) in [6.45, 7) is 6.92. The lowest BCUT2D eigenvalue weighted by Crippen LogP contribution is -2.14. The van der Waals surface area contributed by atoms with Crippen molar-refractivity contribution in [2.24, 2.45) is 5.73 Å². The molecule has 0 unspecified atom stereocenters. The van der Waals surface area contributed by atoms with Gasteiger partial charge in [0, 0.05) is 11.9 Å². The van der Waals surface area contributed by atoms with Gasteiger partial charge in [-0.2, -0.15) is 0 Å². The first kappa shape index (κ1) is 13.5. The minimum atomic E-state index is 0.0767. The minimum absolute atomic E-state index is 0.0767. The number of hydrogen-bond acceptors (Lipinski definition) is 4. The Morgan fingerprint density at radius 3 is 2.58 bits per heavy atom. The van der Waals surface area contributed by atoms with Gasteiger partial charge in [-0.15, -0.1) is 0 Å². The lowest BCUT2D eigenvalue weighted by atomic mass is 9.86. The molecule has 3 N–H and O–H groups in total. The van der Waals surface area contributed by atoms with E-state index in [0.29, 0.717) is 12.4 Å². The number of anilines is 2. The van der Waals surface area contributed by atoms with Crippen LogP contribution in [-0.4, -0.2) is 9.97 Å². The van der Waals surface area contributed by atoms with Gasteiger partial charge in [-0.25, -0.2) is 9.97 Å². The van der Waals surface area contributed by atoms with E-state index in [1.54, 1.807) is 6.20 Å². The maximum absolute atomic E-state index is 5.56. The van der Waals surface area contributed by atoms with Crippen molar-refractivity contribution in [2.45, 2.75) is 32.7 Å². The van der Waals surface area contributed by atoms with Crippen LogP contribution in [0.2, 0.25) is 0 Å². The van der Waals surface area contributed by atoms with Crippen LogP contribution >= 0.6 is 0 Å². The fourth-order valence-corrected chi connectivity index (χ4v) is 1.95. The summed E-state index contributed by atoms with van der Waals surface area (Å²) in [6.07, 6.45) is 1.72. The number of benzene rings is 1. The fourth-order valence-electron chi connectivity index (χ4n) is 1.95. The van der Waals surface area contributed by atoms with E-state index in [0.717, 1.165) is 11.5 Å². The van der Waals surface area contributed by atoms with E-state index >= 15 is 0 Å². The quantitative estimate of drug-likeness (QED) is 0.886. The molecule has 0 aliphatic carbocycles. The Bertz CT molecular complexity index is 558. The van der Waals surface area contributed by atoms with Gasteiger partial charge in [-0.05, 0) is 23.1 Å². The third-order valence-electron chi connectivity index (χ3n) is 2.89. The smallest absolute Gasteiger partial charge is 0.144 e. The molecule has 2 aromatic rings. The Morgan fingerprint density at radius 1 is 1.16 bits per heavy atom. The van der Waals surface area contributed by atoms with Crippen molar-refractivity contribution < 1.29 is 0 Å². The average molecular weight is 256 g/mol. The van der Waals surface area contributed by atoms with Crippen LogP contribution in [0.1, 0.15) is 32.2 Å². The number of hydrogen-bond donors (Lipinski definition) is 2. The molecule has 4 nitrogen and oxygen atoms in total. The second-order valence-corrected chi connectivity index (χ2v) is 5.48. The zero-order valence-corrected chi connectivity index (χ0v) is 11.6. The van der Waals surface area contributed by atoms with Gasteiger partial charge in [0.1, 0.15) is 11.6 Å². The fraction of sp³-hybridized carbons (Fsp3) is 0.333. The Kier molecular flexibility index (Phi) is 3.81. The molecule has 1 aromatic carbocycles. The zero-order chi connectivity index (χ0) is 13.9. The third kappa shape index (κ3) is 3.29. The Morgan fingerprint density at radius 2 is 1.89 bits per heavy atom. The molecule has 0 fully saturated rings. The maximum atomic E-state index is 5.56. The van der Waals surface area contributed by atoms with Crippen molar-refractivity contribution in [3.8, 4) is 0 Å². The molecule has 0 saturated carbocycles. The standard InChI is InChI=1S/C15H20N4/c1-15(2,3)11-6-4-5-7-12(11)18-13-8-9-17-14(10-16)19-13/h4-9H,10,16H2,1-3H3,(H,17,18,19). The minimum Gasteiger partial charge on any atom is -0.340 e. The first-order valence-electron chi connectivity index (χ1n) is 6.39. The first-order chi connectivity index (χ1) is 9.00. The molecule has 0 atom stereocenters. The predicted octanol–water partition coefficient (Wildman–Crippen LogP) is 2.98. The number of para-hydroxylation sites is 1. The summed E-state index contributed by atoms with van der Waals surface area (Å²) in [6, 6.07) is 10.1. The van der Waals surface area contributed by atoms with Gasteiger partial charge in [0.15, 0.2) is 0 Å². The summed E-state index contributed by atoms with van der Waals surface area (Å²) < 4.78 is 0. The summed E-state index contributed by atoms with van der Waals surface area (Å²) in [7, 11) is 0. The van der Waals surface area contributed by atoms with Crippen LogP contribution in [-0.2, 0) is 12.0 Å². The summed E-state index contributed by atoms with van der Waals surface area (Å²) in [4.78, 5) is 8.46. The van der Waals surface area contributed by atoms with Crippen molar-refractivity contribution in [2.75, 3.05) is 5.32 Å². The SMILES string of the molecule is CC(C)(C)c1ccccc1Nc1ccnc(CN)n1. The van der Waals surface area contributed by atoms with Crippen LogP contribution in [0.25, 0.3) is 0 Å². The average Bonchev–Trinajstić information content (AvgIpc) is 2.38. The molecule has 1 aromatic heterocycles. The lowest BCUT2D eigenvalue weighted by molar-refractivity contribution is 0.592. The largest absolute Gasteiger partial charge is 0.340 e. The summed E-state index contributed by atoms with van der Waals surface area (Å²) in [5.41, 5.74) is 7.95. The molecule has 0 aliphatic rings. The summed E-state index contributed by atoms with van der Waals surface area (Å²) in [5, 5.41) is 3.35. The normalized spacial score (nSPS) is 11.4. The van der Waals surface area contributed by atoms with E-state index in [1.807, 2.05) is 12.1 Å². The molecule has 2 rings (SSSR count). The summed E-state index contributed by atoms with van der Waals surface area (Å²) >= 11 is 0. The monoisotopic (exact) mass is 256 g/mol. The highest BCUT2D eigenvalue weighted by Gasteiger charge is 2.17. The maximum Gasteiger partial charge on any atom is 0.144 e. The van der Waals surface area contributed by atoms with Gasteiger partial charge in [0.2, 0.25) is 0 Å². The van der Waals surface area contributed by atoms with E-state index in [2.05, 4.69) is 54.3 Å². The molecule has 19 heavy (non-hydrogen) atoms. The van der Waals surface area contributed by atoms with Gasteiger partial charge in [0.05, 0.1) is 6.54 Å². The van der Waals surface area contributed by atoms with E-state index in [9.17, 15) is 0 Å². The Labute approximate surface area is 114 Å². The number of nitrogens with two attached hydrogens (primary N) is 1. The Hall–Kier alpha value is -1.94. The lowest BCUT2D eigenvalue weighted by Gasteiger charge is -2.23. The van der Waals surface area contributed by atoms with E-state index in [1.165, 1.54) is 5.56 Å². The molecule has 0 amide bonds. The van der Waals surface area contributed by atoms with E-state index in [-0.39, 0.29) is 5.41 Å². The molecule has 0 spiro atoms. The topological polar surface area (TPSA) is 63.8 Å². The number of nitrogens with one attached hydrogen (secondary N) is 1. The molecule has 100 valence electrons. The highest BCUT2D eigenvalue weighted by molar-refractivity contribution is 5.62. The van der Waals surface area contributed by atoms with Crippen molar-refractivity contribution in [1.82, 2.24) is 9.97 Å². The molecule has 0 saturated heterocycles. The molecular weight excluding hydrogens is 236 g/mol. The number of rotatable bonds is 3. The molecule has 1 heterocycles. The highest BCUT2D eigenvalue weighted by atomic mass is 15.0. The van der Waals surface area contributed by atoms with Crippen LogP contribution in [0.4, 0.5) is 11.5 Å². The van der Waals surface area contributed by atoms with Crippen LogP contribution < -0.4 is 11.1 Å². The van der Waals surface area contributed by atoms with Crippen molar-refractivity contribution in [1.29, 1.82) is 0 Å². The summed E-state index contributed by atoms with van der Waals surface area (Å²) in [5.74, 6) is 1.41. The van der Waals surface area contributed by atoms with Crippen molar-refractivity contribution >= 4 is 11.5 Å². The molecule has 0 aliphatic heterocycles. The molecule has 0 radical (unpaired) electrons. The van der Waals surface area contributed by atoms with Gasteiger partial charge in [-0.1, -0.05) is 39.0 Å². The zero-order valence-electron chi connectivity index (χ0n) is 11.6. The van der Waals surface area contributed by atoms with Gasteiger partial charge in [-0.3, -0.25) is 0 Å². The first-order valence-corrected chi connectivity index (χ1v) is 6.39. The number of nitrogens with zero attached hydrogens (tertiary/aromatic N) is 2. The molecule has 4 heteroatoms. The predicted molar refractivity (Wildman–Crippen MR) is 78.3 cm³/mol.